The fourth-order valence-electron chi connectivity index (χ4n) is 7.69. The third-order valence-electron chi connectivity index (χ3n) is 10.0. The molecule has 2 aliphatic heterocycles. The van der Waals surface area contributed by atoms with Gasteiger partial charge in [0.15, 0.2) is 0 Å². The van der Waals surface area contributed by atoms with E-state index < -0.39 is 18.1 Å². The van der Waals surface area contributed by atoms with Crippen molar-refractivity contribution in [2.75, 3.05) is 11.4 Å². The molecule has 3 aliphatic rings. The van der Waals surface area contributed by atoms with Gasteiger partial charge in [-0.3, -0.25) is 23.9 Å². The molecule has 1 aliphatic carbocycles. The van der Waals surface area contributed by atoms with E-state index in [1.165, 1.54) is 37.4 Å². The van der Waals surface area contributed by atoms with E-state index in [0.717, 1.165) is 59.2 Å². The van der Waals surface area contributed by atoms with Gasteiger partial charge in [0.2, 0.25) is 0 Å². The molecule has 10 heteroatoms. The minimum absolute atomic E-state index is 0.297. The predicted molar refractivity (Wildman–Crippen MR) is 215 cm³/mol. The van der Waals surface area contributed by atoms with Gasteiger partial charge in [-0.05, 0) is 89.6 Å². The summed E-state index contributed by atoms with van der Waals surface area (Å²) < 4.78 is 2.29. The molecular weight excluding hydrogens is 707 g/mol. The van der Waals surface area contributed by atoms with E-state index in [2.05, 4.69) is 95.9 Å². The number of amides is 1. The van der Waals surface area contributed by atoms with Crippen molar-refractivity contribution in [3.8, 4) is 0 Å². The maximum atomic E-state index is 13.6. The largest absolute Gasteiger partial charge is 0.480 e. The number of nitrogens with zero attached hydrogens (tertiary/aromatic N) is 3. The summed E-state index contributed by atoms with van der Waals surface area (Å²) in [4.78, 5) is 42.8. The van der Waals surface area contributed by atoms with Crippen LogP contribution in [0.2, 0.25) is 0 Å². The number of rotatable bonds is 8. The summed E-state index contributed by atoms with van der Waals surface area (Å²) in [5, 5.41) is 9.62. The molecule has 1 aromatic heterocycles. The Kier molecular flexibility index (Phi) is 9.29. The van der Waals surface area contributed by atoms with Gasteiger partial charge < -0.3 is 10.0 Å². The average Bonchev–Trinajstić information content (AvgIpc) is 3.90. The first-order valence-corrected chi connectivity index (χ1v) is 19.4. The van der Waals surface area contributed by atoms with Crippen LogP contribution < -0.4 is 19.7 Å². The summed E-state index contributed by atoms with van der Waals surface area (Å²) >= 11 is 7.65. The van der Waals surface area contributed by atoms with E-state index in [9.17, 15) is 19.5 Å². The third kappa shape index (κ3) is 6.25. The summed E-state index contributed by atoms with van der Waals surface area (Å²) in [5.41, 5.74) is 8.67. The molecule has 0 radical (unpaired) electrons. The monoisotopic (exact) mass is 741 g/mol. The van der Waals surface area contributed by atoms with Crippen LogP contribution >= 0.6 is 35.3 Å². The summed E-state index contributed by atoms with van der Waals surface area (Å²) in [6.07, 6.45) is 7.41. The molecule has 1 saturated heterocycles. The number of hydrogen-bond acceptors (Lipinski definition) is 7. The lowest BCUT2D eigenvalue weighted by Crippen LogP contribution is -2.35. The Morgan fingerprint density at radius 3 is 2.21 bits per heavy atom. The Hall–Kier alpha value is -5.03. The van der Waals surface area contributed by atoms with E-state index in [1.54, 1.807) is 0 Å². The first-order valence-electron chi connectivity index (χ1n) is 17.4. The number of thioether (sulfide) groups is 1. The molecule has 2 fully saturated rings. The lowest BCUT2D eigenvalue weighted by atomic mass is 9.95. The molecular formula is C42H35N3O4S3. The Balaban J connectivity index is 1.15. The smallest absolute Gasteiger partial charge is 0.323 e. The quantitative estimate of drug-likeness (QED) is 0.133. The second kappa shape index (κ2) is 14.2. The van der Waals surface area contributed by atoms with Gasteiger partial charge in [0.1, 0.15) is 20.4 Å². The van der Waals surface area contributed by atoms with Crippen LogP contribution in [0, 0.1) is 0 Å². The number of thiazole rings is 1. The molecule has 0 bridgehead atoms. The zero-order chi connectivity index (χ0) is 35.9. The Bertz CT molecular complexity index is 2390. The topological polar surface area (TPSA) is 82.9 Å². The van der Waals surface area contributed by atoms with Crippen molar-refractivity contribution >= 4 is 85.5 Å². The first-order chi connectivity index (χ1) is 25.3. The number of carboxylic acid groups (broad SMARTS) is 1. The predicted octanol–water partition coefficient (Wildman–Crippen LogP) is 7.19. The number of carbonyl (C=O) groups is 2. The van der Waals surface area contributed by atoms with Crippen LogP contribution in [-0.2, 0) is 16.1 Å². The van der Waals surface area contributed by atoms with Crippen LogP contribution in [0.3, 0.4) is 0 Å². The number of aromatic nitrogens is 1. The van der Waals surface area contributed by atoms with Crippen molar-refractivity contribution in [2.45, 2.75) is 44.7 Å². The van der Waals surface area contributed by atoms with Gasteiger partial charge in [-0.15, -0.1) is 11.3 Å². The maximum absolute atomic E-state index is 13.6. The van der Waals surface area contributed by atoms with Crippen molar-refractivity contribution in [3.05, 3.63) is 150 Å². The average molecular weight is 742 g/mol. The highest BCUT2D eigenvalue weighted by atomic mass is 32.2. The lowest BCUT2D eigenvalue weighted by molar-refractivity contribution is -0.137. The second-order valence-corrected chi connectivity index (χ2v) is 15.8. The Labute approximate surface area is 314 Å². The molecule has 1 saturated carbocycles. The molecule has 0 unspecified atom stereocenters. The van der Waals surface area contributed by atoms with Crippen molar-refractivity contribution in [1.82, 2.24) is 9.47 Å². The molecule has 4 aromatic carbocycles. The van der Waals surface area contributed by atoms with Crippen LogP contribution in [-0.4, -0.2) is 43.4 Å². The SMILES string of the molecule is CCN1C(=O)/C(=c2/s/c(=C/c3ccc4c(c3)[C@@H]3CCC[C@@H]3N4c3ccc(C=C(c4ccccc4)c4ccccc4)cc3)c(=O)n2CC(=O)O)SC1=S. The van der Waals surface area contributed by atoms with Crippen LogP contribution in [0.4, 0.5) is 11.4 Å². The Morgan fingerprint density at radius 1 is 0.904 bits per heavy atom. The fraction of sp³-hybridized carbons (Fsp3) is 0.190. The minimum Gasteiger partial charge on any atom is -0.480 e. The molecule has 1 N–H and O–H groups in total. The highest BCUT2D eigenvalue weighted by molar-refractivity contribution is 8.30. The van der Waals surface area contributed by atoms with Crippen LogP contribution in [0.25, 0.3) is 22.6 Å². The fourth-order valence-corrected chi connectivity index (χ4v) is 10.3. The van der Waals surface area contributed by atoms with Gasteiger partial charge in [0.05, 0.1) is 4.53 Å². The summed E-state index contributed by atoms with van der Waals surface area (Å²) in [6.45, 7) is 1.70. The molecule has 8 rings (SSSR count). The number of carboxylic acids is 1. The molecule has 7 nitrogen and oxygen atoms in total. The van der Waals surface area contributed by atoms with E-state index in [1.807, 2.05) is 31.2 Å². The summed E-state index contributed by atoms with van der Waals surface area (Å²) in [7, 11) is 0. The molecule has 0 spiro atoms. The number of fused-ring (bicyclic) bond motifs is 3. The Morgan fingerprint density at radius 2 is 1.58 bits per heavy atom. The van der Waals surface area contributed by atoms with Gasteiger partial charge in [-0.1, -0.05) is 109 Å². The zero-order valence-corrected chi connectivity index (χ0v) is 30.8. The van der Waals surface area contributed by atoms with Crippen molar-refractivity contribution in [2.24, 2.45) is 0 Å². The third-order valence-corrected chi connectivity index (χ3v) is 12.7. The molecule has 260 valence electrons. The van der Waals surface area contributed by atoms with Gasteiger partial charge in [0.25, 0.3) is 11.5 Å². The van der Waals surface area contributed by atoms with Crippen molar-refractivity contribution < 1.29 is 14.7 Å². The van der Waals surface area contributed by atoms with Gasteiger partial charge >= 0.3 is 5.97 Å². The first kappa shape index (κ1) is 34.1. The maximum Gasteiger partial charge on any atom is 0.323 e. The summed E-state index contributed by atoms with van der Waals surface area (Å²) in [5.74, 6) is -1.08. The summed E-state index contributed by atoms with van der Waals surface area (Å²) in [6, 6.07) is 36.5. The van der Waals surface area contributed by atoms with Crippen LogP contribution in [0.1, 0.15) is 59.9 Å². The van der Waals surface area contributed by atoms with Crippen molar-refractivity contribution in [1.29, 1.82) is 0 Å². The highest BCUT2D eigenvalue weighted by Crippen LogP contribution is 2.52. The molecule has 52 heavy (non-hydrogen) atoms. The molecule has 2 atom stereocenters. The lowest BCUT2D eigenvalue weighted by Gasteiger charge is -2.27. The molecule has 3 heterocycles. The number of carbonyl (C=O) groups excluding carboxylic acids is 1. The van der Waals surface area contributed by atoms with Gasteiger partial charge in [-0.25, -0.2) is 0 Å². The van der Waals surface area contributed by atoms with Crippen LogP contribution in [0.15, 0.2) is 108 Å². The van der Waals surface area contributed by atoms with Gasteiger partial charge in [0, 0.05) is 29.9 Å². The van der Waals surface area contributed by atoms with Crippen molar-refractivity contribution in [3.63, 3.8) is 0 Å². The number of hydrogen-bond donors (Lipinski definition) is 1. The van der Waals surface area contributed by atoms with E-state index in [0.29, 0.717) is 36.9 Å². The van der Waals surface area contributed by atoms with E-state index >= 15 is 0 Å². The van der Waals surface area contributed by atoms with E-state index in [-0.39, 0.29) is 5.91 Å². The molecule has 1 amide bonds. The van der Waals surface area contributed by atoms with Crippen LogP contribution in [0.5, 0.6) is 0 Å². The number of benzene rings is 4. The number of aliphatic carboxylic acids is 1. The highest BCUT2D eigenvalue weighted by Gasteiger charge is 2.42. The zero-order valence-electron chi connectivity index (χ0n) is 28.4. The van der Waals surface area contributed by atoms with Gasteiger partial charge in [-0.2, -0.15) is 0 Å². The molecule has 5 aromatic rings. The van der Waals surface area contributed by atoms with E-state index in [4.69, 9.17) is 12.2 Å². The normalized spacial score (nSPS) is 19.3. The second-order valence-electron chi connectivity index (χ2n) is 13.1. The minimum atomic E-state index is -1.15. The standard InChI is InChI=1S/C42H35N3O4S3/c1-2-43-40(49)38(52-42(43)50)41-44(25-37(46)47)39(48)36(51-41)24-27-18-21-35-33(23-27)31-14-9-15-34(31)45(35)30-19-16-26(17-20-30)22-32(28-10-5-3-6-11-28)29-12-7-4-8-13-29/h3-8,10-13,16-24,31,34H,2,9,14-15,25H2,1H3,(H,46,47)/b36-24+,41-38-/t31-,34-/m0/s1. The number of anilines is 2. The number of thiocarbonyl (C=S) groups is 1.